The van der Waals surface area contributed by atoms with Crippen LogP contribution in [0.3, 0.4) is 0 Å². The van der Waals surface area contributed by atoms with Gasteiger partial charge in [-0.25, -0.2) is 0 Å². The van der Waals surface area contributed by atoms with Gasteiger partial charge < -0.3 is 10.6 Å². The van der Waals surface area contributed by atoms with E-state index >= 15 is 0 Å². The second kappa shape index (κ2) is 3.93. The summed E-state index contributed by atoms with van der Waals surface area (Å²) in [6.45, 7) is 0. The molecule has 0 atom stereocenters. The van der Waals surface area contributed by atoms with E-state index in [1.54, 1.807) is 24.3 Å². The maximum absolute atomic E-state index is 12.0. The van der Waals surface area contributed by atoms with Gasteiger partial charge in [0.15, 0.2) is 0 Å². The highest BCUT2D eigenvalue weighted by atomic mass is 16.2. The molecule has 1 amide bonds. The smallest absolute Gasteiger partial charge is 0.253 e. The number of carbonyl (C=O) groups excluding carboxylic acids is 1. The Labute approximate surface area is 89.9 Å². The lowest BCUT2D eigenvalue weighted by atomic mass is 9.91. The Bertz CT molecular complexity index is 354. The number of nitrogens with two attached hydrogens (primary N) is 1. The highest BCUT2D eigenvalue weighted by Gasteiger charge is 2.25. The number of hydrogen-bond donors (Lipinski definition) is 1. The lowest BCUT2D eigenvalue weighted by Gasteiger charge is -2.34. The van der Waals surface area contributed by atoms with Gasteiger partial charge in [-0.15, -0.1) is 0 Å². The molecule has 0 unspecified atom stereocenters. The summed E-state index contributed by atoms with van der Waals surface area (Å²) in [5.74, 6) is 0.0969. The van der Waals surface area contributed by atoms with Gasteiger partial charge in [0.2, 0.25) is 0 Å². The summed E-state index contributed by atoms with van der Waals surface area (Å²) < 4.78 is 0. The minimum atomic E-state index is 0.0969. The van der Waals surface area contributed by atoms with E-state index in [1.807, 2.05) is 11.9 Å². The summed E-state index contributed by atoms with van der Waals surface area (Å²) in [6.07, 6.45) is 3.51. The number of amides is 1. The summed E-state index contributed by atoms with van der Waals surface area (Å²) in [5.41, 5.74) is 6.99. The molecule has 2 rings (SSSR count). The zero-order chi connectivity index (χ0) is 10.8. The molecule has 0 spiro atoms. The number of nitrogen functional groups attached to an aromatic ring is 1. The second-order valence-corrected chi connectivity index (χ2v) is 4.12. The van der Waals surface area contributed by atoms with Gasteiger partial charge in [-0.1, -0.05) is 0 Å². The van der Waals surface area contributed by atoms with E-state index in [1.165, 1.54) is 6.42 Å². The lowest BCUT2D eigenvalue weighted by Crippen LogP contribution is -2.41. The Hall–Kier alpha value is -1.51. The molecule has 2 N–H and O–H groups in total. The minimum absolute atomic E-state index is 0.0969. The summed E-state index contributed by atoms with van der Waals surface area (Å²) >= 11 is 0. The average Bonchev–Trinajstić information content (AvgIpc) is 2.15. The third kappa shape index (κ3) is 1.96. The summed E-state index contributed by atoms with van der Waals surface area (Å²) in [7, 11) is 1.88. The van der Waals surface area contributed by atoms with E-state index in [0.29, 0.717) is 11.7 Å². The van der Waals surface area contributed by atoms with Crippen LogP contribution in [-0.4, -0.2) is 23.9 Å². The number of nitrogens with zero attached hydrogens (tertiary/aromatic N) is 1. The predicted octanol–water partition coefficient (Wildman–Crippen LogP) is 1.89. The van der Waals surface area contributed by atoms with Crippen molar-refractivity contribution in [2.75, 3.05) is 12.8 Å². The fourth-order valence-corrected chi connectivity index (χ4v) is 1.77. The standard InChI is InChI=1S/C12H16N2O/c1-14(11-3-2-4-11)12(15)9-5-7-10(13)8-6-9/h5-8,11H,2-4,13H2,1H3. The van der Waals surface area contributed by atoms with Crippen molar-refractivity contribution in [3.8, 4) is 0 Å². The van der Waals surface area contributed by atoms with Gasteiger partial charge in [-0.2, -0.15) is 0 Å². The van der Waals surface area contributed by atoms with Crippen molar-refractivity contribution in [1.29, 1.82) is 0 Å². The summed E-state index contributed by atoms with van der Waals surface area (Å²) in [4.78, 5) is 13.8. The second-order valence-electron chi connectivity index (χ2n) is 4.12. The van der Waals surface area contributed by atoms with Crippen LogP contribution in [-0.2, 0) is 0 Å². The average molecular weight is 204 g/mol. The van der Waals surface area contributed by atoms with E-state index in [9.17, 15) is 4.79 Å². The first-order chi connectivity index (χ1) is 7.18. The van der Waals surface area contributed by atoms with Gasteiger partial charge in [0, 0.05) is 24.3 Å². The largest absolute Gasteiger partial charge is 0.399 e. The van der Waals surface area contributed by atoms with E-state index in [-0.39, 0.29) is 5.91 Å². The van der Waals surface area contributed by atoms with Crippen LogP contribution in [0.2, 0.25) is 0 Å². The first-order valence-electron chi connectivity index (χ1n) is 5.31. The van der Waals surface area contributed by atoms with Crippen LogP contribution in [0.1, 0.15) is 29.6 Å². The molecule has 0 aromatic heterocycles. The Kier molecular flexibility index (Phi) is 2.62. The van der Waals surface area contributed by atoms with Crippen LogP contribution in [0, 0.1) is 0 Å². The first-order valence-corrected chi connectivity index (χ1v) is 5.31. The third-order valence-corrected chi connectivity index (χ3v) is 3.10. The highest BCUT2D eigenvalue weighted by molar-refractivity contribution is 5.94. The van der Waals surface area contributed by atoms with Crippen LogP contribution in [0.4, 0.5) is 5.69 Å². The van der Waals surface area contributed by atoms with E-state index in [2.05, 4.69) is 0 Å². The quantitative estimate of drug-likeness (QED) is 0.748. The maximum atomic E-state index is 12.0. The number of rotatable bonds is 2. The third-order valence-electron chi connectivity index (χ3n) is 3.10. The zero-order valence-corrected chi connectivity index (χ0v) is 8.94. The van der Waals surface area contributed by atoms with Crippen molar-refractivity contribution in [3.63, 3.8) is 0 Å². The van der Waals surface area contributed by atoms with Gasteiger partial charge in [0.05, 0.1) is 0 Å². The number of anilines is 1. The van der Waals surface area contributed by atoms with Crippen molar-refractivity contribution in [2.45, 2.75) is 25.3 Å². The van der Waals surface area contributed by atoms with Crippen LogP contribution in [0.25, 0.3) is 0 Å². The van der Waals surface area contributed by atoms with Crippen LogP contribution >= 0.6 is 0 Å². The van der Waals surface area contributed by atoms with Gasteiger partial charge >= 0.3 is 0 Å². The highest BCUT2D eigenvalue weighted by Crippen LogP contribution is 2.24. The van der Waals surface area contributed by atoms with Crippen LogP contribution in [0.15, 0.2) is 24.3 Å². The SMILES string of the molecule is CN(C(=O)c1ccc(N)cc1)C1CCC1. The summed E-state index contributed by atoms with van der Waals surface area (Å²) in [6, 6.07) is 7.54. The van der Waals surface area contributed by atoms with Gasteiger partial charge in [0.25, 0.3) is 5.91 Å². The van der Waals surface area contributed by atoms with Crippen molar-refractivity contribution in [1.82, 2.24) is 4.90 Å². The topological polar surface area (TPSA) is 46.3 Å². The van der Waals surface area contributed by atoms with Crippen molar-refractivity contribution in [3.05, 3.63) is 29.8 Å². The predicted molar refractivity (Wildman–Crippen MR) is 60.6 cm³/mol. The molecule has 1 fully saturated rings. The molecule has 15 heavy (non-hydrogen) atoms. The summed E-state index contributed by atoms with van der Waals surface area (Å²) in [5, 5.41) is 0. The van der Waals surface area contributed by atoms with E-state index in [0.717, 1.165) is 18.4 Å². The number of benzene rings is 1. The Morgan fingerprint density at radius 1 is 1.33 bits per heavy atom. The molecular weight excluding hydrogens is 188 g/mol. The molecule has 0 heterocycles. The molecule has 3 heteroatoms. The van der Waals surface area contributed by atoms with Crippen LogP contribution in [0.5, 0.6) is 0 Å². The molecular formula is C12H16N2O. The van der Waals surface area contributed by atoms with E-state index < -0.39 is 0 Å². The van der Waals surface area contributed by atoms with Crippen molar-refractivity contribution in [2.24, 2.45) is 0 Å². The van der Waals surface area contributed by atoms with E-state index in [4.69, 9.17) is 5.73 Å². The van der Waals surface area contributed by atoms with Crippen molar-refractivity contribution >= 4 is 11.6 Å². The molecule has 1 aliphatic rings. The molecule has 1 aromatic carbocycles. The minimum Gasteiger partial charge on any atom is -0.399 e. The molecule has 1 saturated carbocycles. The zero-order valence-electron chi connectivity index (χ0n) is 8.94. The molecule has 0 radical (unpaired) electrons. The molecule has 0 aliphatic heterocycles. The molecule has 0 bridgehead atoms. The normalized spacial score (nSPS) is 15.8. The number of hydrogen-bond acceptors (Lipinski definition) is 2. The molecule has 0 saturated heterocycles. The van der Waals surface area contributed by atoms with Crippen LogP contribution < -0.4 is 5.73 Å². The fraction of sp³-hybridized carbons (Fsp3) is 0.417. The Morgan fingerprint density at radius 2 is 1.93 bits per heavy atom. The van der Waals surface area contributed by atoms with Gasteiger partial charge in [-0.05, 0) is 43.5 Å². The Morgan fingerprint density at radius 3 is 2.40 bits per heavy atom. The maximum Gasteiger partial charge on any atom is 0.253 e. The van der Waals surface area contributed by atoms with Gasteiger partial charge in [0.1, 0.15) is 0 Å². The van der Waals surface area contributed by atoms with Crippen molar-refractivity contribution < 1.29 is 4.79 Å². The fourth-order valence-electron chi connectivity index (χ4n) is 1.77. The first kappa shape index (κ1) is 10.0. The molecule has 80 valence electrons. The molecule has 1 aliphatic carbocycles. The lowest BCUT2D eigenvalue weighted by molar-refractivity contribution is 0.0652. The number of carbonyl (C=O) groups is 1. The molecule has 3 nitrogen and oxygen atoms in total. The molecule has 1 aromatic rings. The van der Waals surface area contributed by atoms with Gasteiger partial charge in [-0.3, -0.25) is 4.79 Å². The monoisotopic (exact) mass is 204 g/mol. The Balaban J connectivity index is 2.09.